The van der Waals surface area contributed by atoms with Gasteiger partial charge in [0, 0.05) is 0 Å². The van der Waals surface area contributed by atoms with Crippen LogP contribution in [0.15, 0.2) is 24.3 Å². The number of nitrogens with two attached hydrogens (primary N) is 1. The van der Waals surface area contributed by atoms with Crippen LogP contribution in [0.4, 0.5) is 5.69 Å². The molecular formula is C7H10N2OW-2. The molecule has 0 aromatic heterocycles. The maximum atomic E-state index is 8.33. The Hall–Kier alpha value is -0.532. The predicted molar refractivity (Wildman–Crippen MR) is 40.2 cm³/mol. The van der Waals surface area contributed by atoms with Gasteiger partial charge in [-0.3, -0.25) is 5.84 Å². The number of rotatable bonds is 1. The van der Waals surface area contributed by atoms with Crippen LogP contribution in [0.3, 0.4) is 0 Å². The number of hydrazine groups is 1. The molecule has 0 aliphatic carbocycles. The first-order valence-corrected chi connectivity index (χ1v) is 3.73. The van der Waals surface area contributed by atoms with Crippen LogP contribution >= 0.6 is 0 Å². The van der Waals surface area contributed by atoms with Gasteiger partial charge in [0.2, 0.25) is 0 Å². The van der Waals surface area contributed by atoms with Crippen molar-refractivity contribution >= 4 is 5.69 Å². The van der Waals surface area contributed by atoms with E-state index in [1.165, 1.54) is 0 Å². The summed E-state index contributed by atoms with van der Waals surface area (Å²) in [6, 6.07) is 10.3. The van der Waals surface area contributed by atoms with Crippen molar-refractivity contribution in [1.82, 2.24) is 0 Å². The Morgan fingerprint density at radius 3 is 2.36 bits per heavy atom. The molecule has 0 unspecified atom stereocenters. The Labute approximate surface area is 78.2 Å². The number of benzene rings is 1. The Balaban J connectivity index is 0. The van der Waals surface area contributed by atoms with Gasteiger partial charge in [-0.25, -0.2) is 0 Å². The summed E-state index contributed by atoms with van der Waals surface area (Å²) in [6.45, 7) is 0. The summed E-state index contributed by atoms with van der Waals surface area (Å²) >= 11 is 0.333. The molecule has 0 radical (unpaired) electrons. The van der Waals surface area contributed by atoms with Crippen LogP contribution in [-0.2, 0) is 23.2 Å². The quantitative estimate of drug-likeness (QED) is 0.463. The van der Waals surface area contributed by atoms with Crippen LogP contribution in [0.1, 0.15) is 0 Å². The van der Waals surface area contributed by atoms with Crippen LogP contribution in [0.2, 0.25) is 0 Å². The topological polar surface area (TPSA) is 55.1 Å². The molecule has 0 aliphatic heterocycles. The summed E-state index contributed by atoms with van der Waals surface area (Å²) in [7, 11) is 0. The van der Waals surface area contributed by atoms with E-state index >= 15 is 0 Å². The number of hydrogen-bond acceptors (Lipinski definition) is 3. The second-order valence-electron chi connectivity index (χ2n) is 1.42. The van der Waals surface area contributed by atoms with Gasteiger partial charge in [-0.05, 0) is 0 Å². The van der Waals surface area contributed by atoms with Crippen molar-refractivity contribution in [3.05, 3.63) is 37.8 Å². The Morgan fingerprint density at radius 1 is 1.45 bits per heavy atom. The van der Waals surface area contributed by atoms with Gasteiger partial charge in [0.1, 0.15) is 0 Å². The number of hydrogen-bond donors (Lipinski definition) is 2. The van der Waals surface area contributed by atoms with E-state index in [1.807, 2.05) is 18.2 Å². The fourth-order valence-electron chi connectivity index (χ4n) is 0.483. The van der Waals surface area contributed by atoms with Gasteiger partial charge in [0.25, 0.3) is 0 Å². The monoisotopic (exact) mass is 322 g/mol. The van der Waals surface area contributed by atoms with Crippen LogP contribution in [0, 0.1) is 13.5 Å². The van der Waals surface area contributed by atoms with E-state index in [9.17, 15) is 0 Å². The van der Waals surface area contributed by atoms with Crippen molar-refractivity contribution in [2.75, 3.05) is 5.43 Å². The normalized spacial score (nSPS) is 6.64. The molecule has 11 heavy (non-hydrogen) atoms. The average Bonchev–Trinajstić information content (AvgIpc) is 2.10. The fraction of sp³-hybridized carbons (Fsp3) is 0. The fourth-order valence-corrected chi connectivity index (χ4v) is 0.483. The molecule has 3 N–H and O–H groups in total. The van der Waals surface area contributed by atoms with Gasteiger partial charge in [0.05, 0.1) is 0 Å². The predicted octanol–water partition coefficient (Wildman–Crippen LogP) is 1.10. The molecule has 0 bridgehead atoms. The third-order valence-electron chi connectivity index (χ3n) is 0.865. The first-order valence-electron chi connectivity index (χ1n) is 2.53. The van der Waals surface area contributed by atoms with E-state index in [4.69, 9.17) is 9.24 Å². The van der Waals surface area contributed by atoms with Crippen molar-refractivity contribution in [2.24, 2.45) is 5.84 Å². The second kappa shape index (κ2) is 9.47. The number of nitrogens with one attached hydrogen (secondary N) is 1. The second-order valence-corrected chi connectivity index (χ2v) is 1.42. The van der Waals surface area contributed by atoms with E-state index in [0.717, 1.165) is 5.69 Å². The average molecular weight is 322 g/mol. The molecule has 1 aromatic carbocycles. The SMILES string of the molecule is NNc1[c-]cccc1.[CH3-].[O]=[W]. The van der Waals surface area contributed by atoms with Crippen molar-refractivity contribution in [3.63, 3.8) is 0 Å². The molecule has 0 saturated carbocycles. The summed E-state index contributed by atoms with van der Waals surface area (Å²) in [5.74, 6) is 5.07. The van der Waals surface area contributed by atoms with Gasteiger partial charge in [-0.2, -0.15) is 24.3 Å². The molecule has 0 atom stereocenters. The van der Waals surface area contributed by atoms with Crippen molar-refractivity contribution in [2.45, 2.75) is 0 Å². The molecule has 0 saturated heterocycles. The standard InChI is InChI=1S/C6H7N2.CH3.O.W/c7-8-6-4-2-1-3-5-6;;;/h1-4,8H,7H2;1H3;;/q2*-1;;. The summed E-state index contributed by atoms with van der Waals surface area (Å²) in [4.78, 5) is 0. The van der Waals surface area contributed by atoms with E-state index in [2.05, 4.69) is 11.5 Å². The third kappa shape index (κ3) is 5.89. The molecule has 0 heterocycles. The zero-order chi connectivity index (χ0) is 7.82. The number of para-hydroxylation sites is 1. The molecule has 0 fully saturated rings. The van der Waals surface area contributed by atoms with Gasteiger partial charge in [-0.1, -0.05) is 5.69 Å². The molecule has 0 spiro atoms. The first kappa shape index (κ1) is 13.1. The Morgan fingerprint density at radius 2 is 2.09 bits per heavy atom. The van der Waals surface area contributed by atoms with Crippen molar-refractivity contribution in [3.8, 4) is 0 Å². The molecule has 3 nitrogen and oxygen atoms in total. The van der Waals surface area contributed by atoms with Crippen LogP contribution < -0.4 is 11.3 Å². The molecular weight excluding hydrogens is 312 g/mol. The maximum absolute atomic E-state index is 8.33. The Kier molecular flexibility index (Phi) is 11.3. The first-order chi connectivity index (χ1) is 4.93. The minimum absolute atomic E-state index is 0. The summed E-state index contributed by atoms with van der Waals surface area (Å²) in [6.07, 6.45) is 0. The molecule has 0 aliphatic rings. The molecule has 0 amide bonds. The van der Waals surface area contributed by atoms with Crippen molar-refractivity contribution < 1.29 is 23.2 Å². The zero-order valence-corrected chi connectivity index (χ0v) is 9.14. The number of nitrogen functional groups attached to an aromatic ring is 1. The molecule has 4 heteroatoms. The van der Waals surface area contributed by atoms with E-state index in [0.29, 0.717) is 19.8 Å². The van der Waals surface area contributed by atoms with E-state index in [-0.39, 0.29) is 7.43 Å². The minimum atomic E-state index is 0. The van der Waals surface area contributed by atoms with E-state index in [1.54, 1.807) is 6.07 Å². The summed E-state index contributed by atoms with van der Waals surface area (Å²) in [5.41, 5.74) is 3.28. The van der Waals surface area contributed by atoms with Gasteiger partial charge in [0.15, 0.2) is 0 Å². The van der Waals surface area contributed by atoms with Crippen LogP contribution in [0.25, 0.3) is 0 Å². The van der Waals surface area contributed by atoms with Gasteiger partial charge < -0.3 is 12.9 Å². The van der Waals surface area contributed by atoms with Crippen LogP contribution in [-0.4, -0.2) is 0 Å². The molecule has 1 rings (SSSR count). The third-order valence-corrected chi connectivity index (χ3v) is 0.865. The number of anilines is 1. The zero-order valence-electron chi connectivity index (χ0n) is 6.20. The Bertz CT molecular complexity index is 169. The molecule has 62 valence electrons. The van der Waals surface area contributed by atoms with E-state index < -0.39 is 0 Å². The van der Waals surface area contributed by atoms with Gasteiger partial charge >= 0.3 is 23.2 Å². The summed E-state index contributed by atoms with van der Waals surface area (Å²) in [5, 5.41) is 0. The molecule has 1 aromatic rings. The van der Waals surface area contributed by atoms with Crippen LogP contribution in [0.5, 0.6) is 0 Å². The van der Waals surface area contributed by atoms with Crippen molar-refractivity contribution in [1.29, 1.82) is 0 Å². The van der Waals surface area contributed by atoms with Gasteiger partial charge in [-0.15, -0.1) is 6.07 Å². The summed E-state index contributed by atoms with van der Waals surface area (Å²) < 4.78 is 8.33.